The number of benzene rings is 2. The Hall–Kier alpha value is -1.96. The van der Waals surface area contributed by atoms with Crippen molar-refractivity contribution in [3.05, 3.63) is 48.0 Å². The SMILES string of the molecule is CCCc1cccc(-c2ccc3c(c2)OCO3)c1. The topological polar surface area (TPSA) is 18.5 Å². The first kappa shape index (κ1) is 11.1. The van der Waals surface area contributed by atoms with E-state index in [1.54, 1.807) is 0 Å². The minimum absolute atomic E-state index is 0.328. The summed E-state index contributed by atoms with van der Waals surface area (Å²) in [5.41, 5.74) is 3.80. The smallest absolute Gasteiger partial charge is 0.231 e. The largest absolute Gasteiger partial charge is 0.454 e. The van der Waals surface area contributed by atoms with Crippen LogP contribution in [0.4, 0.5) is 0 Å². The Kier molecular flexibility index (Phi) is 2.93. The van der Waals surface area contributed by atoms with Gasteiger partial charge in [-0.25, -0.2) is 0 Å². The Morgan fingerprint density at radius 3 is 2.67 bits per heavy atom. The van der Waals surface area contributed by atoms with Gasteiger partial charge in [0.2, 0.25) is 6.79 Å². The van der Waals surface area contributed by atoms with E-state index in [9.17, 15) is 0 Å². The highest BCUT2D eigenvalue weighted by molar-refractivity contribution is 5.68. The second kappa shape index (κ2) is 4.73. The monoisotopic (exact) mass is 240 g/mol. The standard InChI is InChI=1S/C16H16O2/c1-2-4-12-5-3-6-13(9-12)14-7-8-15-16(10-14)18-11-17-15/h3,5-10H,2,4,11H2,1H3. The fourth-order valence-corrected chi connectivity index (χ4v) is 2.27. The second-order valence-electron chi connectivity index (χ2n) is 4.52. The zero-order valence-electron chi connectivity index (χ0n) is 10.5. The highest BCUT2D eigenvalue weighted by Gasteiger charge is 2.13. The van der Waals surface area contributed by atoms with Gasteiger partial charge in [-0.1, -0.05) is 43.7 Å². The van der Waals surface area contributed by atoms with Crippen molar-refractivity contribution in [2.45, 2.75) is 19.8 Å². The van der Waals surface area contributed by atoms with Gasteiger partial charge < -0.3 is 9.47 Å². The molecule has 0 aliphatic carbocycles. The molecule has 0 amide bonds. The number of hydrogen-bond donors (Lipinski definition) is 0. The van der Waals surface area contributed by atoms with Crippen molar-refractivity contribution in [2.24, 2.45) is 0 Å². The molecule has 1 heterocycles. The quantitative estimate of drug-likeness (QED) is 0.806. The minimum Gasteiger partial charge on any atom is -0.454 e. The third-order valence-electron chi connectivity index (χ3n) is 3.17. The van der Waals surface area contributed by atoms with E-state index in [1.807, 2.05) is 12.1 Å². The summed E-state index contributed by atoms with van der Waals surface area (Å²) in [5.74, 6) is 1.68. The van der Waals surface area contributed by atoms with Gasteiger partial charge in [0.25, 0.3) is 0 Å². The van der Waals surface area contributed by atoms with Crippen LogP contribution in [0.15, 0.2) is 42.5 Å². The Morgan fingerprint density at radius 1 is 0.944 bits per heavy atom. The molecular formula is C16H16O2. The van der Waals surface area contributed by atoms with Crippen molar-refractivity contribution in [1.29, 1.82) is 0 Å². The van der Waals surface area contributed by atoms with Gasteiger partial charge in [0, 0.05) is 0 Å². The molecule has 3 rings (SSSR count). The maximum Gasteiger partial charge on any atom is 0.231 e. The molecular weight excluding hydrogens is 224 g/mol. The van der Waals surface area contributed by atoms with E-state index in [4.69, 9.17) is 9.47 Å². The van der Waals surface area contributed by atoms with Crippen molar-refractivity contribution in [3.63, 3.8) is 0 Å². The summed E-state index contributed by atoms with van der Waals surface area (Å²) in [6.45, 7) is 2.53. The van der Waals surface area contributed by atoms with Crippen LogP contribution in [0.3, 0.4) is 0 Å². The number of aryl methyl sites for hydroxylation is 1. The summed E-state index contributed by atoms with van der Waals surface area (Å²) >= 11 is 0. The van der Waals surface area contributed by atoms with Crippen molar-refractivity contribution < 1.29 is 9.47 Å². The van der Waals surface area contributed by atoms with Crippen molar-refractivity contribution in [1.82, 2.24) is 0 Å². The van der Waals surface area contributed by atoms with Crippen LogP contribution < -0.4 is 9.47 Å². The van der Waals surface area contributed by atoms with Gasteiger partial charge in [-0.15, -0.1) is 0 Å². The van der Waals surface area contributed by atoms with Crippen LogP contribution in [0, 0.1) is 0 Å². The molecule has 2 nitrogen and oxygen atoms in total. The fourth-order valence-electron chi connectivity index (χ4n) is 2.27. The van der Waals surface area contributed by atoms with E-state index < -0.39 is 0 Å². The van der Waals surface area contributed by atoms with E-state index in [-0.39, 0.29) is 0 Å². The number of ether oxygens (including phenoxy) is 2. The molecule has 0 aromatic heterocycles. The first-order valence-corrected chi connectivity index (χ1v) is 6.36. The molecule has 92 valence electrons. The predicted molar refractivity (Wildman–Crippen MR) is 72.0 cm³/mol. The van der Waals surface area contributed by atoms with Gasteiger partial charge >= 0.3 is 0 Å². The normalized spacial score (nSPS) is 12.7. The molecule has 0 spiro atoms. The van der Waals surface area contributed by atoms with E-state index in [1.165, 1.54) is 23.1 Å². The molecule has 1 aliphatic rings. The van der Waals surface area contributed by atoms with Crippen LogP contribution >= 0.6 is 0 Å². The molecule has 1 aliphatic heterocycles. The lowest BCUT2D eigenvalue weighted by atomic mass is 10.0. The Labute approximate surface area is 107 Å². The van der Waals surface area contributed by atoms with E-state index >= 15 is 0 Å². The minimum atomic E-state index is 0.328. The van der Waals surface area contributed by atoms with E-state index in [2.05, 4.69) is 37.3 Å². The van der Waals surface area contributed by atoms with Gasteiger partial charge in [-0.2, -0.15) is 0 Å². The first-order valence-electron chi connectivity index (χ1n) is 6.36. The van der Waals surface area contributed by atoms with Gasteiger partial charge in [0.15, 0.2) is 11.5 Å². The van der Waals surface area contributed by atoms with Gasteiger partial charge in [0.1, 0.15) is 0 Å². The molecule has 0 N–H and O–H groups in total. The van der Waals surface area contributed by atoms with Crippen LogP contribution in [0.25, 0.3) is 11.1 Å². The number of fused-ring (bicyclic) bond motifs is 1. The van der Waals surface area contributed by atoms with Crippen LogP contribution in [-0.4, -0.2) is 6.79 Å². The van der Waals surface area contributed by atoms with Crippen LogP contribution in [-0.2, 0) is 6.42 Å². The summed E-state index contributed by atoms with van der Waals surface area (Å²) in [5, 5.41) is 0. The van der Waals surface area contributed by atoms with Gasteiger partial charge in [-0.05, 0) is 35.2 Å². The maximum absolute atomic E-state index is 5.42. The molecule has 0 saturated heterocycles. The fraction of sp³-hybridized carbons (Fsp3) is 0.250. The molecule has 2 aromatic rings. The number of rotatable bonds is 3. The van der Waals surface area contributed by atoms with E-state index in [0.29, 0.717) is 6.79 Å². The molecule has 2 heteroatoms. The Bertz CT molecular complexity index is 561. The molecule has 0 bridgehead atoms. The van der Waals surface area contributed by atoms with Crippen LogP contribution in [0.1, 0.15) is 18.9 Å². The Balaban J connectivity index is 1.96. The predicted octanol–water partition coefficient (Wildman–Crippen LogP) is 4.03. The zero-order chi connectivity index (χ0) is 12.4. The average Bonchev–Trinajstić information content (AvgIpc) is 2.86. The summed E-state index contributed by atoms with van der Waals surface area (Å²) in [6, 6.07) is 14.8. The lowest BCUT2D eigenvalue weighted by Crippen LogP contribution is -1.92. The molecule has 0 atom stereocenters. The lowest BCUT2D eigenvalue weighted by molar-refractivity contribution is 0.174. The highest BCUT2D eigenvalue weighted by Crippen LogP contribution is 2.36. The third kappa shape index (κ3) is 2.06. The van der Waals surface area contributed by atoms with Crippen molar-refractivity contribution >= 4 is 0 Å². The summed E-state index contributed by atoms with van der Waals surface area (Å²) in [6.07, 6.45) is 2.29. The lowest BCUT2D eigenvalue weighted by Gasteiger charge is -2.06. The van der Waals surface area contributed by atoms with Gasteiger partial charge in [0.05, 0.1) is 0 Å². The van der Waals surface area contributed by atoms with Crippen LogP contribution in [0.2, 0.25) is 0 Å². The average molecular weight is 240 g/mol. The van der Waals surface area contributed by atoms with Crippen LogP contribution in [0.5, 0.6) is 11.5 Å². The summed E-state index contributed by atoms with van der Waals surface area (Å²) < 4.78 is 10.7. The Morgan fingerprint density at radius 2 is 1.78 bits per heavy atom. The second-order valence-corrected chi connectivity index (χ2v) is 4.52. The number of hydrogen-bond acceptors (Lipinski definition) is 2. The van der Waals surface area contributed by atoms with Gasteiger partial charge in [-0.3, -0.25) is 0 Å². The molecule has 0 fully saturated rings. The maximum atomic E-state index is 5.42. The highest BCUT2D eigenvalue weighted by atomic mass is 16.7. The van der Waals surface area contributed by atoms with Crippen molar-refractivity contribution in [2.75, 3.05) is 6.79 Å². The third-order valence-corrected chi connectivity index (χ3v) is 3.17. The van der Waals surface area contributed by atoms with Crippen molar-refractivity contribution in [3.8, 4) is 22.6 Å². The van der Waals surface area contributed by atoms with E-state index in [0.717, 1.165) is 17.9 Å². The first-order chi connectivity index (χ1) is 8.86. The summed E-state index contributed by atoms with van der Waals surface area (Å²) in [4.78, 5) is 0. The molecule has 0 unspecified atom stereocenters. The summed E-state index contributed by atoms with van der Waals surface area (Å²) in [7, 11) is 0. The molecule has 0 radical (unpaired) electrons. The molecule has 0 saturated carbocycles. The molecule has 2 aromatic carbocycles. The molecule has 18 heavy (non-hydrogen) atoms. The zero-order valence-corrected chi connectivity index (χ0v) is 10.5.